The molecule has 3 aromatic rings. The maximum atomic E-state index is 12.2. The number of nitrogens with one attached hydrogen (secondary N) is 2. The van der Waals surface area contributed by atoms with E-state index >= 15 is 0 Å². The number of H-pyrrole nitrogens is 2. The van der Waals surface area contributed by atoms with Gasteiger partial charge in [-0.2, -0.15) is 0 Å². The van der Waals surface area contributed by atoms with E-state index < -0.39 is 0 Å². The number of imidazole rings is 1. The molecule has 18 heavy (non-hydrogen) atoms. The summed E-state index contributed by atoms with van der Waals surface area (Å²) in [5.41, 5.74) is 1.88. The van der Waals surface area contributed by atoms with Crippen LogP contribution < -0.4 is 5.69 Å². The van der Waals surface area contributed by atoms with Crippen molar-refractivity contribution in [2.45, 2.75) is 0 Å². The molecule has 0 radical (unpaired) electrons. The van der Waals surface area contributed by atoms with Crippen LogP contribution in [-0.2, 0) is 0 Å². The number of aromatic nitrogens is 2. The largest absolute Gasteiger partial charge is 0.472 e. The zero-order valence-corrected chi connectivity index (χ0v) is 10.6. The Balaban J connectivity index is 2.20. The van der Waals surface area contributed by atoms with Crippen molar-refractivity contribution in [3.63, 3.8) is 0 Å². The number of carbonyl (C=O) groups is 1. The lowest BCUT2D eigenvalue weighted by Gasteiger charge is -2.02. The lowest BCUT2D eigenvalue weighted by Crippen LogP contribution is -2.01. The lowest BCUT2D eigenvalue weighted by atomic mass is 10.1. The summed E-state index contributed by atoms with van der Waals surface area (Å²) in [6.07, 6.45) is 2.83. The number of carbonyl (C=O) groups excluding carboxylic acids is 1. The first-order valence-electron chi connectivity index (χ1n) is 5.13. The van der Waals surface area contributed by atoms with E-state index in [9.17, 15) is 9.59 Å². The molecule has 6 heteroatoms. The Morgan fingerprint density at radius 3 is 2.61 bits per heavy atom. The van der Waals surface area contributed by atoms with Gasteiger partial charge in [0.25, 0.3) is 0 Å². The van der Waals surface area contributed by atoms with Crippen LogP contribution in [0.2, 0.25) is 0 Å². The molecule has 2 aromatic heterocycles. The topological polar surface area (TPSA) is 78.9 Å². The number of benzene rings is 1. The molecule has 90 valence electrons. The van der Waals surface area contributed by atoms with Crippen molar-refractivity contribution < 1.29 is 9.21 Å². The summed E-state index contributed by atoms with van der Waals surface area (Å²) < 4.78 is 5.51. The van der Waals surface area contributed by atoms with Gasteiger partial charge in [-0.3, -0.25) is 4.79 Å². The van der Waals surface area contributed by atoms with Gasteiger partial charge in [0.15, 0.2) is 5.78 Å². The summed E-state index contributed by atoms with van der Waals surface area (Å²) in [7, 11) is 0. The second kappa shape index (κ2) is 3.99. The molecular formula is C12H7BrN2O3. The van der Waals surface area contributed by atoms with Crippen LogP contribution in [0.4, 0.5) is 0 Å². The van der Waals surface area contributed by atoms with Gasteiger partial charge in [0.1, 0.15) is 6.26 Å². The van der Waals surface area contributed by atoms with Crippen molar-refractivity contribution >= 4 is 32.7 Å². The Labute approximate surface area is 109 Å². The zero-order valence-electron chi connectivity index (χ0n) is 8.99. The van der Waals surface area contributed by atoms with Gasteiger partial charge in [-0.25, -0.2) is 4.79 Å². The van der Waals surface area contributed by atoms with Crippen LogP contribution in [0.1, 0.15) is 15.9 Å². The van der Waals surface area contributed by atoms with E-state index in [4.69, 9.17) is 4.42 Å². The van der Waals surface area contributed by atoms with Gasteiger partial charge in [-0.15, -0.1) is 0 Å². The summed E-state index contributed by atoms with van der Waals surface area (Å²) in [6.45, 7) is 0. The predicted molar refractivity (Wildman–Crippen MR) is 68.8 cm³/mol. The van der Waals surface area contributed by atoms with Crippen LogP contribution >= 0.6 is 15.9 Å². The average molecular weight is 307 g/mol. The molecule has 0 aliphatic heterocycles. The van der Waals surface area contributed by atoms with E-state index in [-0.39, 0.29) is 11.5 Å². The first-order chi connectivity index (χ1) is 8.65. The molecule has 0 amide bonds. The van der Waals surface area contributed by atoms with Gasteiger partial charge in [-0.05, 0) is 34.1 Å². The van der Waals surface area contributed by atoms with E-state index in [1.165, 1.54) is 12.5 Å². The molecule has 0 unspecified atom stereocenters. The quantitative estimate of drug-likeness (QED) is 0.714. The van der Waals surface area contributed by atoms with Crippen LogP contribution in [0.5, 0.6) is 0 Å². The Morgan fingerprint density at radius 2 is 1.94 bits per heavy atom. The fraction of sp³-hybridized carbons (Fsp3) is 0. The van der Waals surface area contributed by atoms with Crippen LogP contribution in [0.3, 0.4) is 0 Å². The summed E-state index contributed by atoms with van der Waals surface area (Å²) in [6, 6.07) is 4.92. The van der Waals surface area contributed by atoms with Crippen LogP contribution in [-0.4, -0.2) is 15.8 Å². The minimum atomic E-state index is -0.301. The van der Waals surface area contributed by atoms with Gasteiger partial charge < -0.3 is 14.4 Å². The van der Waals surface area contributed by atoms with Gasteiger partial charge in [0, 0.05) is 10.0 Å². The summed E-state index contributed by atoms with van der Waals surface area (Å²) in [4.78, 5) is 28.6. The molecule has 0 atom stereocenters. The number of hydrogen-bond donors (Lipinski definition) is 2. The number of aromatic amines is 2. The molecule has 0 saturated heterocycles. The summed E-state index contributed by atoms with van der Waals surface area (Å²) in [5.74, 6) is -0.167. The van der Waals surface area contributed by atoms with Crippen molar-refractivity contribution in [3.8, 4) is 0 Å². The van der Waals surface area contributed by atoms with Gasteiger partial charge >= 0.3 is 5.69 Å². The Morgan fingerprint density at radius 1 is 1.22 bits per heavy atom. The molecule has 0 aliphatic carbocycles. The third-order valence-electron chi connectivity index (χ3n) is 2.63. The molecule has 0 spiro atoms. The van der Waals surface area contributed by atoms with Crippen LogP contribution in [0.25, 0.3) is 11.0 Å². The first kappa shape index (κ1) is 11.0. The van der Waals surface area contributed by atoms with Crippen molar-refractivity contribution in [2.24, 2.45) is 0 Å². The average Bonchev–Trinajstić information content (AvgIpc) is 2.94. The van der Waals surface area contributed by atoms with Gasteiger partial charge in [0.05, 0.1) is 22.9 Å². The molecule has 2 heterocycles. The van der Waals surface area contributed by atoms with Crippen molar-refractivity contribution in [3.05, 3.63) is 56.8 Å². The van der Waals surface area contributed by atoms with E-state index in [1.54, 1.807) is 18.2 Å². The Kier molecular flexibility index (Phi) is 2.45. The monoisotopic (exact) mass is 306 g/mol. The van der Waals surface area contributed by atoms with E-state index in [2.05, 4.69) is 25.9 Å². The summed E-state index contributed by atoms with van der Waals surface area (Å²) in [5, 5.41) is 0. The number of ketones is 1. The van der Waals surface area contributed by atoms with E-state index in [0.717, 1.165) is 0 Å². The molecule has 5 nitrogen and oxygen atoms in total. The maximum Gasteiger partial charge on any atom is 0.323 e. The fourth-order valence-corrected chi connectivity index (χ4v) is 2.30. The Hall–Kier alpha value is -2.08. The number of halogens is 1. The van der Waals surface area contributed by atoms with Crippen LogP contribution in [0.15, 0.2) is 44.4 Å². The van der Waals surface area contributed by atoms with Crippen molar-refractivity contribution in [2.75, 3.05) is 0 Å². The Bertz CT molecular complexity index is 783. The zero-order chi connectivity index (χ0) is 12.7. The number of furan rings is 1. The minimum Gasteiger partial charge on any atom is -0.472 e. The second-order valence-electron chi connectivity index (χ2n) is 3.80. The fourth-order valence-electron chi connectivity index (χ4n) is 1.78. The highest BCUT2D eigenvalue weighted by Gasteiger charge is 2.15. The highest BCUT2D eigenvalue weighted by atomic mass is 79.9. The second-order valence-corrected chi connectivity index (χ2v) is 4.65. The first-order valence-corrected chi connectivity index (χ1v) is 5.93. The van der Waals surface area contributed by atoms with E-state index in [1.807, 2.05) is 0 Å². The third kappa shape index (κ3) is 1.70. The lowest BCUT2D eigenvalue weighted by molar-refractivity contribution is 0.103. The molecule has 1 aromatic carbocycles. The van der Waals surface area contributed by atoms with Crippen LogP contribution in [0, 0.1) is 0 Å². The molecule has 0 fully saturated rings. The number of hydrogen-bond acceptors (Lipinski definition) is 3. The highest BCUT2D eigenvalue weighted by molar-refractivity contribution is 9.10. The highest BCUT2D eigenvalue weighted by Crippen LogP contribution is 2.24. The normalized spacial score (nSPS) is 10.9. The minimum absolute atomic E-state index is 0.167. The molecule has 0 bridgehead atoms. The smallest absolute Gasteiger partial charge is 0.323 e. The van der Waals surface area contributed by atoms with Gasteiger partial charge in [-0.1, -0.05) is 0 Å². The van der Waals surface area contributed by atoms with Crippen molar-refractivity contribution in [1.82, 2.24) is 9.97 Å². The third-order valence-corrected chi connectivity index (χ3v) is 3.29. The maximum absolute atomic E-state index is 12.2. The van der Waals surface area contributed by atoms with E-state index in [0.29, 0.717) is 26.6 Å². The summed E-state index contributed by atoms with van der Waals surface area (Å²) >= 11 is 3.33. The molecular weight excluding hydrogens is 300 g/mol. The number of fused-ring (bicyclic) bond motifs is 1. The molecule has 0 aliphatic rings. The molecule has 0 saturated carbocycles. The predicted octanol–water partition coefficient (Wildman–Crippen LogP) is 2.44. The molecule has 3 rings (SSSR count). The SMILES string of the molecule is O=C(c1ccoc1)c1cc2[nH]c(=O)[nH]c2cc1Br. The standard InChI is InChI=1S/C12H7BrN2O3/c13-8-4-10-9(14-12(17)15-10)3-7(8)11(16)6-1-2-18-5-6/h1-5H,(H2,14,15,17). The molecule has 2 N–H and O–H groups in total. The van der Waals surface area contributed by atoms with Gasteiger partial charge in [0.2, 0.25) is 0 Å². The number of rotatable bonds is 2. The van der Waals surface area contributed by atoms with Crippen molar-refractivity contribution in [1.29, 1.82) is 0 Å².